The van der Waals surface area contributed by atoms with Crippen LogP contribution in [0.5, 0.6) is 0 Å². The van der Waals surface area contributed by atoms with Crippen molar-refractivity contribution in [3.63, 3.8) is 0 Å². The summed E-state index contributed by atoms with van der Waals surface area (Å²) in [4.78, 5) is 22.4. The molecule has 5 rings (SSSR count). The number of alkyl halides is 2. The van der Waals surface area contributed by atoms with Crippen LogP contribution in [0.1, 0.15) is 30.0 Å². The Morgan fingerprint density at radius 1 is 1.09 bits per heavy atom. The molecule has 4 aromatic rings. The predicted octanol–water partition coefficient (Wildman–Crippen LogP) is 4.57. The van der Waals surface area contributed by atoms with E-state index in [-0.39, 0.29) is 28.9 Å². The molecular formula is C26H24F2N6O. The minimum absolute atomic E-state index is 0.0731. The van der Waals surface area contributed by atoms with E-state index in [0.717, 1.165) is 12.8 Å². The second-order valence-electron chi connectivity index (χ2n) is 8.55. The van der Waals surface area contributed by atoms with Crippen LogP contribution in [0.15, 0.2) is 73.6 Å². The first-order chi connectivity index (χ1) is 16.9. The highest BCUT2D eigenvalue weighted by Gasteiger charge is 2.34. The summed E-state index contributed by atoms with van der Waals surface area (Å²) in [6.45, 7) is 4.70. The highest BCUT2D eigenvalue weighted by Crippen LogP contribution is 2.38. The molecule has 178 valence electrons. The highest BCUT2D eigenvalue weighted by molar-refractivity contribution is 5.98. The van der Waals surface area contributed by atoms with Gasteiger partial charge in [0.05, 0.1) is 11.4 Å². The van der Waals surface area contributed by atoms with Crippen molar-refractivity contribution in [1.82, 2.24) is 24.6 Å². The van der Waals surface area contributed by atoms with Gasteiger partial charge in [0.2, 0.25) is 5.91 Å². The molecule has 0 radical (unpaired) electrons. The van der Waals surface area contributed by atoms with Crippen molar-refractivity contribution in [3.05, 3.63) is 84.7 Å². The number of piperidine rings is 1. The van der Waals surface area contributed by atoms with Gasteiger partial charge < -0.3 is 10.6 Å². The van der Waals surface area contributed by atoms with Gasteiger partial charge in [0.15, 0.2) is 5.65 Å². The molecule has 35 heavy (non-hydrogen) atoms. The summed E-state index contributed by atoms with van der Waals surface area (Å²) in [5.74, 6) is -3.01. The standard InChI is InChI=1S/C26H24F2N6O/c1-2-21(35)33-14-6-9-20(15-33)34-25-22(24(29)30-16-31-25)23(32-34)17-10-12-19(13-11-17)26(27,28)18-7-4-3-5-8-18/h2-5,7-8,10-13,16,20H,1,6,9,14-15H2,(H2,29,30,31)/t20-/m1/s1. The number of nitrogen functional groups attached to an aromatic ring is 1. The minimum atomic E-state index is -3.13. The number of amides is 1. The van der Waals surface area contributed by atoms with Gasteiger partial charge in [-0.05, 0) is 18.9 Å². The van der Waals surface area contributed by atoms with Crippen LogP contribution in [0.3, 0.4) is 0 Å². The van der Waals surface area contributed by atoms with E-state index in [9.17, 15) is 4.79 Å². The molecule has 7 nitrogen and oxygen atoms in total. The molecule has 0 saturated carbocycles. The molecule has 0 unspecified atom stereocenters. The Kier molecular flexibility index (Phi) is 5.76. The van der Waals surface area contributed by atoms with E-state index in [0.29, 0.717) is 35.4 Å². The van der Waals surface area contributed by atoms with Gasteiger partial charge in [-0.15, -0.1) is 0 Å². The summed E-state index contributed by atoms with van der Waals surface area (Å²) in [7, 11) is 0. The highest BCUT2D eigenvalue weighted by atomic mass is 19.3. The molecule has 2 aromatic heterocycles. The molecule has 1 aliphatic heterocycles. The second kappa shape index (κ2) is 8.90. The number of aromatic nitrogens is 4. The second-order valence-corrected chi connectivity index (χ2v) is 8.55. The Balaban J connectivity index is 1.54. The Bertz CT molecular complexity index is 1380. The first kappa shape index (κ1) is 22.6. The van der Waals surface area contributed by atoms with Gasteiger partial charge in [-0.25, -0.2) is 14.6 Å². The predicted molar refractivity (Wildman–Crippen MR) is 130 cm³/mol. The number of hydrogen-bond acceptors (Lipinski definition) is 5. The number of fused-ring (bicyclic) bond motifs is 1. The number of nitrogens with two attached hydrogens (primary N) is 1. The molecule has 1 saturated heterocycles. The molecular weight excluding hydrogens is 450 g/mol. The minimum Gasteiger partial charge on any atom is -0.383 e. The smallest absolute Gasteiger partial charge is 0.298 e. The van der Waals surface area contributed by atoms with Crippen LogP contribution < -0.4 is 5.73 Å². The normalized spacial score (nSPS) is 16.4. The van der Waals surface area contributed by atoms with Gasteiger partial charge in [0.1, 0.15) is 17.8 Å². The molecule has 0 aliphatic carbocycles. The van der Waals surface area contributed by atoms with Crippen LogP contribution in [0, 0.1) is 0 Å². The number of anilines is 1. The molecule has 1 amide bonds. The Hall–Kier alpha value is -4.14. The zero-order valence-electron chi connectivity index (χ0n) is 18.9. The summed E-state index contributed by atoms with van der Waals surface area (Å²) < 4.78 is 31.8. The van der Waals surface area contributed by atoms with Gasteiger partial charge in [-0.1, -0.05) is 61.2 Å². The molecule has 1 fully saturated rings. The van der Waals surface area contributed by atoms with Crippen LogP contribution in [-0.2, 0) is 10.7 Å². The first-order valence-corrected chi connectivity index (χ1v) is 11.3. The molecule has 2 N–H and O–H groups in total. The van der Waals surface area contributed by atoms with Crippen molar-refractivity contribution in [2.24, 2.45) is 0 Å². The van der Waals surface area contributed by atoms with E-state index in [1.54, 1.807) is 39.9 Å². The Labute approximate surface area is 200 Å². The van der Waals surface area contributed by atoms with E-state index in [1.807, 2.05) is 0 Å². The van der Waals surface area contributed by atoms with E-state index in [2.05, 4.69) is 16.5 Å². The van der Waals surface area contributed by atoms with Crippen LogP contribution in [0.4, 0.5) is 14.6 Å². The molecule has 9 heteroatoms. The fourth-order valence-electron chi connectivity index (χ4n) is 4.59. The van der Waals surface area contributed by atoms with Gasteiger partial charge >= 0.3 is 0 Å². The Morgan fingerprint density at radius 2 is 1.80 bits per heavy atom. The van der Waals surface area contributed by atoms with Gasteiger partial charge in [0.25, 0.3) is 5.92 Å². The lowest BCUT2D eigenvalue weighted by Crippen LogP contribution is -2.40. The van der Waals surface area contributed by atoms with Crippen molar-refractivity contribution < 1.29 is 13.6 Å². The molecule has 2 aromatic carbocycles. The van der Waals surface area contributed by atoms with Crippen LogP contribution in [0.25, 0.3) is 22.3 Å². The summed E-state index contributed by atoms with van der Waals surface area (Å²) in [6, 6.07) is 13.6. The van der Waals surface area contributed by atoms with Gasteiger partial charge in [-0.2, -0.15) is 13.9 Å². The number of nitrogens with zero attached hydrogens (tertiary/aromatic N) is 5. The van der Waals surface area contributed by atoms with E-state index in [4.69, 9.17) is 10.8 Å². The fourth-order valence-corrected chi connectivity index (χ4v) is 4.59. The monoisotopic (exact) mass is 474 g/mol. The van der Waals surface area contributed by atoms with Crippen LogP contribution >= 0.6 is 0 Å². The third-order valence-corrected chi connectivity index (χ3v) is 6.40. The van der Waals surface area contributed by atoms with Crippen molar-refractivity contribution in [2.75, 3.05) is 18.8 Å². The first-order valence-electron chi connectivity index (χ1n) is 11.3. The Morgan fingerprint density at radius 3 is 2.51 bits per heavy atom. The average molecular weight is 475 g/mol. The summed E-state index contributed by atoms with van der Waals surface area (Å²) in [5, 5.41) is 5.35. The molecule has 3 heterocycles. The van der Waals surface area contributed by atoms with Crippen molar-refractivity contribution in [3.8, 4) is 11.3 Å². The number of hydrogen-bond donors (Lipinski definition) is 1. The maximum Gasteiger partial charge on any atom is 0.298 e. The largest absolute Gasteiger partial charge is 0.383 e. The maximum atomic E-state index is 15.0. The van der Waals surface area contributed by atoms with Crippen molar-refractivity contribution >= 4 is 22.8 Å². The van der Waals surface area contributed by atoms with E-state index >= 15 is 8.78 Å². The fraction of sp³-hybridized carbons (Fsp3) is 0.231. The van der Waals surface area contributed by atoms with Crippen molar-refractivity contribution in [2.45, 2.75) is 24.8 Å². The molecule has 0 bridgehead atoms. The van der Waals surface area contributed by atoms with Crippen molar-refractivity contribution in [1.29, 1.82) is 0 Å². The summed E-state index contributed by atoms with van der Waals surface area (Å²) >= 11 is 0. The lowest BCUT2D eigenvalue weighted by Gasteiger charge is -2.32. The van der Waals surface area contributed by atoms with Gasteiger partial charge in [-0.3, -0.25) is 4.79 Å². The SMILES string of the molecule is C=CC(=O)N1CCC[C@@H](n2nc(-c3ccc(C(F)(F)c4ccccc4)cc3)c3c(N)ncnc32)C1. The maximum absolute atomic E-state index is 15.0. The number of benzene rings is 2. The van der Waals surface area contributed by atoms with Gasteiger partial charge in [0, 0.05) is 29.8 Å². The zero-order chi connectivity index (χ0) is 24.6. The number of carbonyl (C=O) groups excluding carboxylic acids is 1. The van der Waals surface area contributed by atoms with E-state index < -0.39 is 5.92 Å². The number of halogens is 2. The number of likely N-dealkylation sites (tertiary alicyclic amines) is 1. The number of carbonyl (C=O) groups is 1. The quantitative estimate of drug-likeness (QED) is 0.428. The van der Waals surface area contributed by atoms with Crippen LogP contribution in [0.2, 0.25) is 0 Å². The van der Waals surface area contributed by atoms with Crippen LogP contribution in [-0.4, -0.2) is 43.6 Å². The summed E-state index contributed by atoms with van der Waals surface area (Å²) in [5.41, 5.74) is 7.70. The average Bonchev–Trinajstić information content (AvgIpc) is 3.30. The van der Waals surface area contributed by atoms with E-state index in [1.165, 1.54) is 36.7 Å². The lowest BCUT2D eigenvalue weighted by atomic mass is 9.98. The zero-order valence-corrected chi connectivity index (χ0v) is 18.9. The third-order valence-electron chi connectivity index (χ3n) is 6.40. The number of rotatable bonds is 5. The molecule has 1 atom stereocenters. The lowest BCUT2D eigenvalue weighted by molar-refractivity contribution is -0.127. The third kappa shape index (κ3) is 4.03. The molecule has 1 aliphatic rings. The topological polar surface area (TPSA) is 89.9 Å². The molecule has 0 spiro atoms. The summed E-state index contributed by atoms with van der Waals surface area (Å²) in [6.07, 6.45) is 4.30.